The Hall–Kier alpha value is -1.84. The predicted octanol–water partition coefficient (Wildman–Crippen LogP) is 2.34. The quantitative estimate of drug-likeness (QED) is 0.848. The summed E-state index contributed by atoms with van der Waals surface area (Å²) in [6.45, 7) is 4.99. The van der Waals surface area contributed by atoms with Crippen molar-refractivity contribution in [2.75, 3.05) is 6.54 Å². The van der Waals surface area contributed by atoms with Crippen molar-refractivity contribution < 1.29 is 4.79 Å². The average molecular weight is 231 g/mol. The van der Waals surface area contributed by atoms with E-state index in [-0.39, 0.29) is 5.91 Å². The van der Waals surface area contributed by atoms with Gasteiger partial charge >= 0.3 is 0 Å². The van der Waals surface area contributed by atoms with Gasteiger partial charge in [0.1, 0.15) is 0 Å². The monoisotopic (exact) mass is 231 g/mol. The molecule has 4 nitrogen and oxygen atoms in total. The number of nitrogens with one attached hydrogen (secondary N) is 2. The summed E-state index contributed by atoms with van der Waals surface area (Å²) in [6.07, 6.45) is 2.71. The van der Waals surface area contributed by atoms with Crippen LogP contribution in [0, 0.1) is 5.92 Å². The lowest BCUT2D eigenvalue weighted by Gasteiger charge is -2.07. The van der Waals surface area contributed by atoms with Crippen LogP contribution in [0.3, 0.4) is 0 Å². The van der Waals surface area contributed by atoms with Crippen molar-refractivity contribution >= 4 is 16.8 Å². The summed E-state index contributed by atoms with van der Waals surface area (Å²) in [5, 5.41) is 10.7. The second kappa shape index (κ2) is 4.99. The van der Waals surface area contributed by atoms with Crippen molar-refractivity contribution in [3.63, 3.8) is 0 Å². The second-order valence-corrected chi connectivity index (χ2v) is 4.58. The van der Waals surface area contributed by atoms with Gasteiger partial charge in [-0.3, -0.25) is 9.89 Å². The maximum absolute atomic E-state index is 12.0. The Balaban J connectivity index is 2.11. The standard InChI is InChI=1S/C13H17N3O/c1-9(2)6-7-14-13(17)11-5-3-4-10-8-15-16-12(10)11/h3-5,8-9H,6-7H2,1-2H3,(H,14,17)(H,15,16). The zero-order valence-electron chi connectivity index (χ0n) is 10.2. The Morgan fingerprint density at radius 2 is 2.29 bits per heavy atom. The van der Waals surface area contributed by atoms with Gasteiger partial charge in [0.25, 0.3) is 5.91 Å². The third-order valence-corrected chi connectivity index (χ3v) is 2.73. The van der Waals surface area contributed by atoms with E-state index in [9.17, 15) is 4.79 Å². The highest BCUT2D eigenvalue weighted by Gasteiger charge is 2.10. The van der Waals surface area contributed by atoms with Crippen LogP contribution in [0.2, 0.25) is 0 Å². The van der Waals surface area contributed by atoms with Crippen LogP contribution in [0.15, 0.2) is 24.4 Å². The number of rotatable bonds is 4. The first-order valence-electron chi connectivity index (χ1n) is 5.89. The van der Waals surface area contributed by atoms with E-state index in [2.05, 4.69) is 29.4 Å². The number of amides is 1. The molecular formula is C13H17N3O. The molecule has 1 aromatic carbocycles. The van der Waals surface area contributed by atoms with Gasteiger partial charge in [-0.25, -0.2) is 0 Å². The predicted molar refractivity (Wildman–Crippen MR) is 67.9 cm³/mol. The molecule has 0 spiro atoms. The number of hydrogen-bond donors (Lipinski definition) is 2. The van der Waals surface area contributed by atoms with Gasteiger partial charge in [-0.2, -0.15) is 5.10 Å². The molecule has 2 N–H and O–H groups in total. The van der Waals surface area contributed by atoms with Crippen molar-refractivity contribution in [1.29, 1.82) is 0 Å². The Morgan fingerprint density at radius 3 is 3.06 bits per heavy atom. The second-order valence-electron chi connectivity index (χ2n) is 4.58. The number of hydrogen-bond acceptors (Lipinski definition) is 2. The van der Waals surface area contributed by atoms with E-state index < -0.39 is 0 Å². The first kappa shape index (κ1) is 11.6. The number of nitrogens with zero attached hydrogens (tertiary/aromatic N) is 1. The molecule has 0 bridgehead atoms. The molecule has 0 aliphatic heterocycles. The zero-order chi connectivity index (χ0) is 12.3. The summed E-state index contributed by atoms with van der Waals surface area (Å²) in [7, 11) is 0. The van der Waals surface area contributed by atoms with Crippen LogP contribution in [-0.4, -0.2) is 22.6 Å². The summed E-state index contributed by atoms with van der Waals surface area (Å²) >= 11 is 0. The number of aromatic nitrogens is 2. The van der Waals surface area contributed by atoms with Crippen LogP contribution in [0.25, 0.3) is 10.9 Å². The van der Waals surface area contributed by atoms with E-state index in [1.165, 1.54) is 0 Å². The van der Waals surface area contributed by atoms with Gasteiger partial charge < -0.3 is 5.32 Å². The van der Waals surface area contributed by atoms with Gasteiger partial charge in [0.05, 0.1) is 17.3 Å². The maximum Gasteiger partial charge on any atom is 0.253 e. The average Bonchev–Trinajstić information content (AvgIpc) is 2.75. The van der Waals surface area contributed by atoms with Crippen LogP contribution < -0.4 is 5.32 Å². The highest BCUT2D eigenvalue weighted by atomic mass is 16.1. The number of aromatic amines is 1. The Morgan fingerprint density at radius 1 is 1.47 bits per heavy atom. The lowest BCUT2D eigenvalue weighted by atomic mass is 10.1. The smallest absolute Gasteiger partial charge is 0.253 e. The largest absolute Gasteiger partial charge is 0.352 e. The number of H-pyrrole nitrogens is 1. The minimum Gasteiger partial charge on any atom is -0.352 e. The van der Waals surface area contributed by atoms with E-state index in [1.807, 2.05) is 18.2 Å². The SMILES string of the molecule is CC(C)CCNC(=O)c1cccc2cn[nH]c12. The lowest BCUT2D eigenvalue weighted by molar-refractivity contribution is 0.0953. The Kier molecular flexibility index (Phi) is 3.42. The van der Waals surface area contributed by atoms with Gasteiger partial charge in [0, 0.05) is 11.9 Å². The molecule has 2 rings (SSSR count). The molecule has 0 aliphatic rings. The highest BCUT2D eigenvalue weighted by Crippen LogP contribution is 2.15. The summed E-state index contributed by atoms with van der Waals surface area (Å²) in [4.78, 5) is 12.0. The molecule has 1 amide bonds. The fourth-order valence-electron chi connectivity index (χ4n) is 1.73. The molecule has 0 aliphatic carbocycles. The van der Waals surface area contributed by atoms with Crippen molar-refractivity contribution in [3.8, 4) is 0 Å². The number of carbonyl (C=O) groups excluding carboxylic acids is 1. The summed E-state index contributed by atoms with van der Waals surface area (Å²) in [5.74, 6) is 0.554. The number of fused-ring (bicyclic) bond motifs is 1. The first-order chi connectivity index (χ1) is 8.18. The molecular weight excluding hydrogens is 214 g/mol. The Bertz CT molecular complexity index is 516. The van der Waals surface area contributed by atoms with Crippen molar-refractivity contribution in [3.05, 3.63) is 30.0 Å². The molecule has 1 aromatic heterocycles. The van der Waals surface area contributed by atoms with E-state index in [4.69, 9.17) is 0 Å². The van der Waals surface area contributed by atoms with E-state index in [0.717, 1.165) is 17.3 Å². The number of carbonyl (C=O) groups is 1. The van der Waals surface area contributed by atoms with Crippen LogP contribution in [-0.2, 0) is 0 Å². The zero-order valence-corrected chi connectivity index (χ0v) is 10.2. The van der Waals surface area contributed by atoms with Crippen molar-refractivity contribution in [2.45, 2.75) is 20.3 Å². The lowest BCUT2D eigenvalue weighted by Crippen LogP contribution is -2.25. The fraction of sp³-hybridized carbons (Fsp3) is 0.385. The molecule has 90 valence electrons. The molecule has 0 atom stereocenters. The molecule has 2 aromatic rings. The van der Waals surface area contributed by atoms with Gasteiger partial charge in [0.2, 0.25) is 0 Å². The molecule has 4 heteroatoms. The van der Waals surface area contributed by atoms with Crippen molar-refractivity contribution in [2.24, 2.45) is 5.92 Å². The van der Waals surface area contributed by atoms with Gasteiger partial charge in [-0.15, -0.1) is 0 Å². The fourth-order valence-corrected chi connectivity index (χ4v) is 1.73. The van der Waals surface area contributed by atoms with Crippen molar-refractivity contribution in [1.82, 2.24) is 15.5 Å². The van der Waals surface area contributed by atoms with Crippen LogP contribution in [0.1, 0.15) is 30.6 Å². The van der Waals surface area contributed by atoms with E-state index in [1.54, 1.807) is 6.20 Å². The normalized spacial score (nSPS) is 11.0. The molecule has 0 saturated carbocycles. The molecule has 0 unspecified atom stereocenters. The Labute approximate surface area is 100 Å². The number of benzene rings is 1. The molecule has 1 heterocycles. The third-order valence-electron chi connectivity index (χ3n) is 2.73. The van der Waals surface area contributed by atoms with E-state index >= 15 is 0 Å². The molecule has 0 fully saturated rings. The van der Waals surface area contributed by atoms with Crippen LogP contribution in [0.5, 0.6) is 0 Å². The highest BCUT2D eigenvalue weighted by molar-refractivity contribution is 6.05. The summed E-state index contributed by atoms with van der Waals surface area (Å²) in [5.41, 5.74) is 1.46. The third kappa shape index (κ3) is 2.64. The van der Waals surface area contributed by atoms with Gasteiger partial charge in [-0.1, -0.05) is 26.0 Å². The number of para-hydroxylation sites is 1. The van der Waals surface area contributed by atoms with Gasteiger partial charge in [0.15, 0.2) is 0 Å². The topological polar surface area (TPSA) is 57.8 Å². The maximum atomic E-state index is 12.0. The molecule has 17 heavy (non-hydrogen) atoms. The minimum absolute atomic E-state index is 0.0412. The van der Waals surface area contributed by atoms with E-state index in [0.29, 0.717) is 18.0 Å². The first-order valence-corrected chi connectivity index (χ1v) is 5.89. The molecule has 0 saturated heterocycles. The van der Waals surface area contributed by atoms with Gasteiger partial charge in [-0.05, 0) is 18.4 Å². The minimum atomic E-state index is -0.0412. The van der Waals surface area contributed by atoms with Crippen LogP contribution >= 0.6 is 0 Å². The molecule has 0 radical (unpaired) electrons. The summed E-state index contributed by atoms with van der Waals surface area (Å²) in [6, 6.07) is 5.62. The summed E-state index contributed by atoms with van der Waals surface area (Å²) < 4.78 is 0. The van der Waals surface area contributed by atoms with Crippen LogP contribution in [0.4, 0.5) is 0 Å².